The number of nitrogens with zero attached hydrogens (tertiary/aromatic N) is 2. The molecule has 26 heavy (non-hydrogen) atoms. The molecule has 0 radical (unpaired) electrons. The van der Waals surface area contributed by atoms with Crippen LogP contribution in [0.1, 0.15) is 24.8 Å². The van der Waals surface area contributed by atoms with Crippen molar-refractivity contribution in [1.29, 1.82) is 0 Å². The molecule has 4 nitrogen and oxygen atoms in total. The molecule has 2 aliphatic heterocycles. The summed E-state index contributed by atoms with van der Waals surface area (Å²) in [7, 11) is 1.88. The molecule has 3 rings (SSSR count). The van der Waals surface area contributed by atoms with Crippen molar-refractivity contribution in [1.82, 2.24) is 10.2 Å². The average Bonchev–Trinajstić information content (AvgIpc) is 2.70. The van der Waals surface area contributed by atoms with Crippen molar-refractivity contribution >= 4 is 47.3 Å². The second-order valence-corrected chi connectivity index (χ2v) is 7.97. The fourth-order valence-electron chi connectivity index (χ4n) is 3.54. The second-order valence-electron chi connectivity index (χ2n) is 6.69. The summed E-state index contributed by atoms with van der Waals surface area (Å²) < 4.78 is 5.81. The molecule has 1 fully saturated rings. The van der Waals surface area contributed by atoms with Gasteiger partial charge in [0.1, 0.15) is 0 Å². The van der Waals surface area contributed by atoms with Gasteiger partial charge in [-0.2, -0.15) is 11.8 Å². The van der Waals surface area contributed by atoms with Gasteiger partial charge in [0.05, 0.1) is 0 Å². The first kappa shape index (κ1) is 21.6. The number of aliphatic imine (C=N–C) groups is 1. The molecule has 1 N–H and O–H groups in total. The highest BCUT2D eigenvalue weighted by molar-refractivity contribution is 14.0. The van der Waals surface area contributed by atoms with Gasteiger partial charge in [-0.1, -0.05) is 36.4 Å². The number of hydrogen-bond donors (Lipinski definition) is 1. The molecule has 2 heterocycles. The Bertz CT molecular complexity index is 615. The number of benzene rings is 1. The Morgan fingerprint density at radius 3 is 2.58 bits per heavy atom. The fraction of sp³-hybridized carbons (Fsp3) is 0.550. The Kier molecular flexibility index (Phi) is 8.76. The maximum absolute atomic E-state index is 5.54. The van der Waals surface area contributed by atoms with Gasteiger partial charge in [-0.15, -0.1) is 24.0 Å². The van der Waals surface area contributed by atoms with Crippen LogP contribution in [0.25, 0.3) is 5.57 Å². The van der Waals surface area contributed by atoms with Crippen LogP contribution in [-0.4, -0.2) is 61.8 Å². The van der Waals surface area contributed by atoms with Crippen molar-refractivity contribution in [2.45, 2.75) is 24.0 Å². The number of guanidine groups is 1. The molecule has 144 valence electrons. The first-order chi connectivity index (χ1) is 12.3. The van der Waals surface area contributed by atoms with Crippen LogP contribution in [0, 0.1) is 0 Å². The lowest BCUT2D eigenvalue weighted by Crippen LogP contribution is -2.50. The first-order valence-corrected chi connectivity index (χ1v) is 10.3. The number of rotatable bonds is 4. The van der Waals surface area contributed by atoms with E-state index in [0.717, 1.165) is 58.1 Å². The van der Waals surface area contributed by atoms with Gasteiger partial charge in [-0.05, 0) is 36.7 Å². The third-order valence-electron chi connectivity index (χ3n) is 5.27. The van der Waals surface area contributed by atoms with Crippen molar-refractivity contribution in [3.05, 3.63) is 42.0 Å². The zero-order valence-corrected chi connectivity index (χ0v) is 18.9. The quantitative estimate of drug-likeness (QED) is 0.398. The number of hydrogen-bond acceptors (Lipinski definition) is 3. The van der Waals surface area contributed by atoms with Crippen LogP contribution in [0.15, 0.2) is 41.4 Å². The molecule has 0 aliphatic carbocycles. The molecule has 0 atom stereocenters. The van der Waals surface area contributed by atoms with E-state index in [1.165, 1.54) is 11.1 Å². The normalized spacial score (nSPS) is 20.2. The highest BCUT2D eigenvalue weighted by Gasteiger charge is 2.32. The van der Waals surface area contributed by atoms with E-state index in [-0.39, 0.29) is 28.7 Å². The van der Waals surface area contributed by atoms with E-state index in [1.54, 1.807) is 0 Å². The van der Waals surface area contributed by atoms with E-state index in [2.05, 4.69) is 57.9 Å². The Labute approximate surface area is 178 Å². The zero-order chi connectivity index (χ0) is 17.5. The van der Waals surface area contributed by atoms with Crippen molar-refractivity contribution < 1.29 is 4.74 Å². The SMILES string of the molecule is CN=C(NCC1(SC)CCOCC1)N1CC=C(c2ccccc2)CC1.I. The van der Waals surface area contributed by atoms with Gasteiger partial charge in [0.25, 0.3) is 0 Å². The van der Waals surface area contributed by atoms with Crippen LogP contribution < -0.4 is 5.32 Å². The molecule has 6 heteroatoms. The van der Waals surface area contributed by atoms with Gasteiger partial charge < -0.3 is 15.0 Å². The van der Waals surface area contributed by atoms with Gasteiger partial charge in [0, 0.05) is 44.6 Å². The second kappa shape index (κ2) is 10.6. The van der Waals surface area contributed by atoms with Gasteiger partial charge in [0.15, 0.2) is 5.96 Å². The molecule has 0 aromatic heterocycles. The van der Waals surface area contributed by atoms with Crippen LogP contribution in [0.5, 0.6) is 0 Å². The summed E-state index contributed by atoms with van der Waals surface area (Å²) in [5.41, 5.74) is 2.78. The van der Waals surface area contributed by atoms with Crippen LogP contribution in [-0.2, 0) is 4.74 Å². The van der Waals surface area contributed by atoms with Crippen LogP contribution in [0.3, 0.4) is 0 Å². The predicted octanol–water partition coefficient (Wildman–Crippen LogP) is 3.88. The monoisotopic (exact) mass is 487 g/mol. The Balaban J connectivity index is 0.00000243. The summed E-state index contributed by atoms with van der Waals surface area (Å²) >= 11 is 1.96. The largest absolute Gasteiger partial charge is 0.381 e. The number of halogens is 1. The third kappa shape index (κ3) is 5.39. The Morgan fingerprint density at radius 1 is 1.27 bits per heavy atom. The average molecular weight is 487 g/mol. The van der Waals surface area contributed by atoms with E-state index >= 15 is 0 Å². The Morgan fingerprint density at radius 2 is 2.00 bits per heavy atom. The predicted molar refractivity (Wildman–Crippen MR) is 124 cm³/mol. The highest BCUT2D eigenvalue weighted by Crippen LogP contribution is 2.33. The molecule has 1 aromatic carbocycles. The number of ether oxygens (including phenoxy) is 1. The van der Waals surface area contributed by atoms with Crippen molar-refractivity contribution in [3.8, 4) is 0 Å². The topological polar surface area (TPSA) is 36.9 Å². The molecule has 0 spiro atoms. The zero-order valence-electron chi connectivity index (χ0n) is 15.7. The summed E-state index contributed by atoms with van der Waals surface area (Å²) in [6.45, 7) is 4.62. The summed E-state index contributed by atoms with van der Waals surface area (Å²) in [5.74, 6) is 1.02. The Hall–Kier alpha value is -0.730. The molecule has 0 amide bonds. The molecule has 1 saturated heterocycles. The molecule has 1 aromatic rings. The minimum Gasteiger partial charge on any atom is -0.381 e. The summed E-state index contributed by atoms with van der Waals surface area (Å²) in [5, 5.41) is 3.63. The summed E-state index contributed by atoms with van der Waals surface area (Å²) in [6.07, 6.45) is 7.83. The minimum atomic E-state index is 0. The van der Waals surface area contributed by atoms with Crippen LogP contribution in [0.2, 0.25) is 0 Å². The maximum Gasteiger partial charge on any atom is 0.193 e. The van der Waals surface area contributed by atoms with E-state index in [1.807, 2.05) is 18.8 Å². The maximum atomic E-state index is 5.54. The first-order valence-electron chi connectivity index (χ1n) is 9.09. The lowest BCUT2D eigenvalue weighted by atomic mass is 9.98. The summed E-state index contributed by atoms with van der Waals surface area (Å²) in [4.78, 5) is 6.87. The van der Waals surface area contributed by atoms with Gasteiger partial charge in [0.2, 0.25) is 0 Å². The third-order valence-corrected chi connectivity index (χ3v) is 6.69. The molecule has 0 bridgehead atoms. The van der Waals surface area contributed by atoms with E-state index < -0.39 is 0 Å². The molecule has 0 saturated carbocycles. The highest BCUT2D eigenvalue weighted by atomic mass is 127. The van der Waals surface area contributed by atoms with Crippen molar-refractivity contribution in [3.63, 3.8) is 0 Å². The molecule has 2 aliphatic rings. The minimum absolute atomic E-state index is 0. The van der Waals surface area contributed by atoms with Crippen LogP contribution >= 0.6 is 35.7 Å². The molecular formula is C20H30IN3OS. The molecule has 0 unspecified atom stereocenters. The lowest BCUT2D eigenvalue weighted by Gasteiger charge is -2.37. The van der Waals surface area contributed by atoms with E-state index in [9.17, 15) is 0 Å². The molecular weight excluding hydrogens is 457 g/mol. The standard InChI is InChI=1S/C20H29N3OS.HI/c1-21-19(22-16-20(25-2)10-14-24-15-11-20)23-12-8-18(9-13-23)17-6-4-3-5-7-17;/h3-8H,9-16H2,1-2H3,(H,21,22);1H. The van der Waals surface area contributed by atoms with E-state index in [0.29, 0.717) is 0 Å². The fourth-order valence-corrected chi connectivity index (χ4v) is 4.34. The van der Waals surface area contributed by atoms with E-state index in [4.69, 9.17) is 4.74 Å². The van der Waals surface area contributed by atoms with Gasteiger partial charge in [-0.25, -0.2) is 0 Å². The van der Waals surface area contributed by atoms with Crippen molar-refractivity contribution in [2.24, 2.45) is 4.99 Å². The van der Waals surface area contributed by atoms with Crippen molar-refractivity contribution in [2.75, 3.05) is 46.2 Å². The number of thioether (sulfide) groups is 1. The number of nitrogens with one attached hydrogen (secondary N) is 1. The van der Waals surface area contributed by atoms with Gasteiger partial charge in [-0.3, -0.25) is 4.99 Å². The van der Waals surface area contributed by atoms with Crippen LogP contribution in [0.4, 0.5) is 0 Å². The smallest absolute Gasteiger partial charge is 0.193 e. The lowest BCUT2D eigenvalue weighted by molar-refractivity contribution is 0.0781. The summed E-state index contributed by atoms with van der Waals surface area (Å²) in [6, 6.07) is 10.7. The van der Waals surface area contributed by atoms with Gasteiger partial charge >= 0.3 is 0 Å².